The number of methoxy groups -OCH3 is 1. The Morgan fingerprint density at radius 3 is 2.46 bits per heavy atom. The molecule has 0 aromatic heterocycles. The molecule has 0 aliphatic carbocycles. The van der Waals surface area contributed by atoms with Gasteiger partial charge in [0.1, 0.15) is 17.4 Å². The third-order valence-electron chi connectivity index (χ3n) is 3.44. The number of hydrogen-bond acceptors (Lipinski definition) is 5. The van der Waals surface area contributed by atoms with E-state index < -0.39 is 11.9 Å². The molecule has 0 aliphatic heterocycles. The average molecular weight is 350 g/mol. The lowest BCUT2D eigenvalue weighted by Gasteiger charge is -2.10. The molecule has 6 heteroatoms. The van der Waals surface area contributed by atoms with Crippen molar-refractivity contribution in [2.24, 2.45) is 0 Å². The second-order valence-corrected chi connectivity index (χ2v) is 5.17. The molecule has 2 aromatic carbocycles. The summed E-state index contributed by atoms with van der Waals surface area (Å²) in [7, 11) is 1.30. The first-order valence-electron chi connectivity index (χ1n) is 7.92. The highest BCUT2D eigenvalue weighted by molar-refractivity contribution is 6.10. The Kier molecular flexibility index (Phi) is 6.52. The molecule has 0 bridgehead atoms. The van der Waals surface area contributed by atoms with Crippen molar-refractivity contribution in [3.8, 4) is 11.8 Å². The number of nitriles is 1. The summed E-state index contributed by atoms with van der Waals surface area (Å²) in [4.78, 5) is 23.8. The molecule has 2 aromatic rings. The van der Waals surface area contributed by atoms with Gasteiger partial charge in [0.05, 0.1) is 25.0 Å². The van der Waals surface area contributed by atoms with Crippen molar-refractivity contribution in [2.75, 3.05) is 19.0 Å². The number of amides is 1. The number of carbonyl (C=O) groups excluding carboxylic acids is 2. The molecule has 0 saturated carbocycles. The molecular formula is C20H18N2O4. The van der Waals surface area contributed by atoms with Crippen LogP contribution in [0.3, 0.4) is 0 Å². The van der Waals surface area contributed by atoms with Crippen LogP contribution >= 0.6 is 0 Å². The van der Waals surface area contributed by atoms with Gasteiger partial charge >= 0.3 is 5.97 Å². The quantitative estimate of drug-likeness (QED) is 0.490. The summed E-state index contributed by atoms with van der Waals surface area (Å²) in [5.74, 6) is -0.467. The van der Waals surface area contributed by atoms with Crippen LogP contribution in [0, 0.1) is 11.3 Å². The van der Waals surface area contributed by atoms with Gasteiger partial charge in [-0.05, 0) is 42.8 Å². The van der Waals surface area contributed by atoms with Crippen molar-refractivity contribution >= 4 is 23.6 Å². The second kappa shape index (κ2) is 9.04. The molecule has 6 nitrogen and oxygen atoms in total. The fourth-order valence-electron chi connectivity index (χ4n) is 2.19. The van der Waals surface area contributed by atoms with Crippen LogP contribution in [0.4, 0.5) is 5.69 Å². The van der Waals surface area contributed by atoms with Crippen molar-refractivity contribution in [1.82, 2.24) is 0 Å². The topological polar surface area (TPSA) is 88.4 Å². The molecule has 0 spiro atoms. The van der Waals surface area contributed by atoms with Crippen LogP contribution in [-0.4, -0.2) is 25.6 Å². The molecular weight excluding hydrogens is 332 g/mol. The van der Waals surface area contributed by atoms with E-state index in [0.717, 1.165) is 0 Å². The Labute approximate surface area is 151 Å². The smallest absolute Gasteiger partial charge is 0.337 e. The molecule has 1 N–H and O–H groups in total. The zero-order valence-electron chi connectivity index (χ0n) is 14.5. The Morgan fingerprint density at radius 1 is 1.15 bits per heavy atom. The summed E-state index contributed by atoms with van der Waals surface area (Å²) in [6, 6.07) is 15.3. The third-order valence-corrected chi connectivity index (χ3v) is 3.44. The molecule has 26 heavy (non-hydrogen) atoms. The minimum atomic E-state index is -0.545. The number of anilines is 1. The maximum atomic E-state index is 12.4. The van der Waals surface area contributed by atoms with E-state index in [4.69, 9.17) is 4.74 Å². The molecule has 1 amide bonds. The number of ether oxygens (including phenoxy) is 2. The largest absolute Gasteiger partial charge is 0.492 e. The fourth-order valence-corrected chi connectivity index (χ4v) is 2.19. The summed E-state index contributed by atoms with van der Waals surface area (Å²) < 4.78 is 10.1. The Morgan fingerprint density at radius 2 is 1.85 bits per heavy atom. The van der Waals surface area contributed by atoms with Crippen LogP contribution in [0.5, 0.6) is 5.75 Å². The molecule has 0 atom stereocenters. The van der Waals surface area contributed by atoms with Gasteiger partial charge in [-0.3, -0.25) is 4.79 Å². The Balaban J connectivity index is 2.20. The standard InChI is InChI=1S/C20H18N2O4/c1-3-26-18-7-5-4-6-17(18)22-19(23)16(13-21)12-14-8-10-15(11-9-14)20(24)25-2/h4-12H,3H2,1-2H3,(H,22,23)/b16-12+. The van der Waals surface area contributed by atoms with Gasteiger partial charge in [-0.15, -0.1) is 0 Å². The van der Waals surface area contributed by atoms with E-state index >= 15 is 0 Å². The first kappa shape index (κ1) is 18.7. The van der Waals surface area contributed by atoms with Crippen LogP contribution in [0.2, 0.25) is 0 Å². The molecule has 0 unspecified atom stereocenters. The fraction of sp³-hybridized carbons (Fsp3) is 0.150. The van der Waals surface area contributed by atoms with Gasteiger partial charge < -0.3 is 14.8 Å². The number of carbonyl (C=O) groups is 2. The van der Waals surface area contributed by atoms with Crippen molar-refractivity contribution in [3.05, 3.63) is 65.2 Å². The van der Waals surface area contributed by atoms with Crippen molar-refractivity contribution in [2.45, 2.75) is 6.92 Å². The Bertz CT molecular complexity index is 864. The summed E-state index contributed by atoms with van der Waals surface area (Å²) in [6.45, 7) is 2.30. The minimum Gasteiger partial charge on any atom is -0.492 e. The van der Waals surface area contributed by atoms with Gasteiger partial charge in [-0.25, -0.2) is 4.79 Å². The van der Waals surface area contributed by atoms with E-state index in [-0.39, 0.29) is 5.57 Å². The first-order valence-corrected chi connectivity index (χ1v) is 7.92. The molecule has 2 rings (SSSR count). The molecule has 132 valence electrons. The van der Waals surface area contributed by atoms with E-state index in [9.17, 15) is 14.9 Å². The minimum absolute atomic E-state index is 0.0675. The van der Waals surface area contributed by atoms with Gasteiger partial charge in [-0.1, -0.05) is 24.3 Å². The van der Waals surface area contributed by atoms with E-state index in [1.807, 2.05) is 13.0 Å². The lowest BCUT2D eigenvalue weighted by Crippen LogP contribution is -2.14. The number of nitrogens with zero attached hydrogens (tertiary/aromatic N) is 1. The van der Waals surface area contributed by atoms with Crippen molar-refractivity contribution in [3.63, 3.8) is 0 Å². The normalized spacial score (nSPS) is 10.6. The van der Waals surface area contributed by atoms with Crippen LogP contribution < -0.4 is 10.1 Å². The van der Waals surface area contributed by atoms with E-state index in [1.54, 1.807) is 48.5 Å². The summed E-state index contributed by atoms with van der Waals surface area (Å²) in [5, 5.41) is 12.0. The van der Waals surface area contributed by atoms with Crippen LogP contribution in [0.1, 0.15) is 22.8 Å². The van der Waals surface area contributed by atoms with Gasteiger partial charge in [0.2, 0.25) is 0 Å². The predicted molar refractivity (Wildman–Crippen MR) is 97.6 cm³/mol. The molecule has 0 fully saturated rings. The van der Waals surface area contributed by atoms with E-state index in [1.165, 1.54) is 13.2 Å². The first-order chi connectivity index (χ1) is 12.6. The summed E-state index contributed by atoms with van der Waals surface area (Å²) in [6.07, 6.45) is 1.44. The highest BCUT2D eigenvalue weighted by Crippen LogP contribution is 2.24. The van der Waals surface area contributed by atoms with Gasteiger partial charge in [0, 0.05) is 0 Å². The van der Waals surface area contributed by atoms with Gasteiger partial charge in [0.25, 0.3) is 5.91 Å². The molecule has 0 radical (unpaired) electrons. The van der Waals surface area contributed by atoms with E-state index in [0.29, 0.717) is 29.2 Å². The van der Waals surface area contributed by atoms with Crippen LogP contribution in [0.25, 0.3) is 6.08 Å². The van der Waals surface area contributed by atoms with Crippen molar-refractivity contribution < 1.29 is 19.1 Å². The third kappa shape index (κ3) is 4.71. The molecule has 0 heterocycles. The molecule has 0 saturated heterocycles. The highest BCUT2D eigenvalue weighted by Gasteiger charge is 2.12. The zero-order chi connectivity index (χ0) is 18.9. The average Bonchev–Trinajstić information content (AvgIpc) is 2.67. The lowest BCUT2D eigenvalue weighted by atomic mass is 10.1. The maximum absolute atomic E-state index is 12.4. The Hall–Kier alpha value is -3.59. The number of para-hydroxylation sites is 2. The van der Waals surface area contributed by atoms with E-state index in [2.05, 4.69) is 10.1 Å². The number of benzene rings is 2. The predicted octanol–water partition coefficient (Wildman–Crippen LogP) is 3.42. The SMILES string of the molecule is CCOc1ccccc1NC(=O)/C(C#N)=C/c1ccc(C(=O)OC)cc1. The molecule has 0 aliphatic rings. The van der Waals surface area contributed by atoms with Crippen LogP contribution in [-0.2, 0) is 9.53 Å². The monoisotopic (exact) mass is 350 g/mol. The number of hydrogen-bond donors (Lipinski definition) is 1. The number of nitrogens with one attached hydrogen (secondary N) is 1. The summed E-state index contributed by atoms with van der Waals surface area (Å²) in [5.41, 5.74) is 1.42. The number of esters is 1. The zero-order valence-corrected chi connectivity index (χ0v) is 14.5. The maximum Gasteiger partial charge on any atom is 0.337 e. The van der Waals surface area contributed by atoms with Gasteiger partial charge in [0.15, 0.2) is 0 Å². The summed E-state index contributed by atoms with van der Waals surface area (Å²) >= 11 is 0. The lowest BCUT2D eigenvalue weighted by molar-refractivity contribution is -0.112. The van der Waals surface area contributed by atoms with Crippen LogP contribution in [0.15, 0.2) is 54.1 Å². The van der Waals surface area contributed by atoms with Gasteiger partial charge in [-0.2, -0.15) is 5.26 Å². The second-order valence-electron chi connectivity index (χ2n) is 5.17. The number of rotatable bonds is 6. The highest BCUT2D eigenvalue weighted by atomic mass is 16.5. The van der Waals surface area contributed by atoms with Crippen molar-refractivity contribution in [1.29, 1.82) is 5.26 Å².